The molecule has 0 spiro atoms. The Hall–Kier alpha value is -2.28. The van der Waals surface area contributed by atoms with Gasteiger partial charge in [0.2, 0.25) is 11.5 Å². The normalized spacial score (nSPS) is 11.8. The minimum Gasteiger partial charge on any atom is -0.441 e. The van der Waals surface area contributed by atoms with Crippen LogP contribution < -0.4 is 4.18 Å². The highest BCUT2D eigenvalue weighted by Gasteiger charge is 2.20. The van der Waals surface area contributed by atoms with Gasteiger partial charge in [-0.3, -0.25) is 0 Å². The van der Waals surface area contributed by atoms with Crippen LogP contribution >= 0.6 is 0 Å². The van der Waals surface area contributed by atoms with Gasteiger partial charge in [0, 0.05) is 0 Å². The highest BCUT2D eigenvalue weighted by Crippen LogP contribution is 2.27. The minimum atomic E-state index is -3.88. The quantitative estimate of drug-likeness (QED) is 0.742. The van der Waals surface area contributed by atoms with Gasteiger partial charge in [0.15, 0.2) is 5.52 Å². The van der Waals surface area contributed by atoms with Crippen LogP contribution in [0.3, 0.4) is 0 Å². The molecule has 19 heavy (non-hydrogen) atoms. The van der Waals surface area contributed by atoms with Crippen molar-refractivity contribution in [1.82, 2.24) is 9.97 Å². The molecule has 3 aromatic rings. The second-order valence-electron chi connectivity index (χ2n) is 4.03. The van der Waals surface area contributed by atoms with Crippen LogP contribution in [0.1, 0.15) is 5.56 Å². The van der Waals surface area contributed by atoms with Gasteiger partial charge in [-0.2, -0.15) is 8.42 Å². The Balaban J connectivity index is 1.98. The predicted octanol–water partition coefficient (Wildman–Crippen LogP) is 2.23. The van der Waals surface area contributed by atoms with Gasteiger partial charge in [-0.15, -0.1) is 0 Å². The van der Waals surface area contributed by atoms with Crippen molar-refractivity contribution in [3.63, 3.8) is 0 Å². The number of fused-ring (bicyclic) bond motifs is 1. The number of imidazole rings is 1. The maximum atomic E-state index is 12.1. The highest BCUT2D eigenvalue weighted by atomic mass is 32.2. The highest BCUT2D eigenvalue weighted by molar-refractivity contribution is 7.87. The van der Waals surface area contributed by atoms with E-state index >= 15 is 0 Å². The van der Waals surface area contributed by atoms with E-state index in [4.69, 9.17) is 8.60 Å². The molecule has 0 aliphatic carbocycles. The summed E-state index contributed by atoms with van der Waals surface area (Å²) < 4.78 is 34.3. The van der Waals surface area contributed by atoms with Crippen LogP contribution in [0, 0.1) is 6.92 Å². The van der Waals surface area contributed by atoms with Gasteiger partial charge in [-0.05, 0) is 19.1 Å². The molecule has 0 aliphatic rings. The zero-order valence-corrected chi connectivity index (χ0v) is 10.8. The van der Waals surface area contributed by atoms with Crippen molar-refractivity contribution in [3.05, 3.63) is 42.4 Å². The van der Waals surface area contributed by atoms with Crippen molar-refractivity contribution in [1.29, 1.82) is 0 Å². The van der Waals surface area contributed by atoms with Gasteiger partial charge in [0.05, 0.1) is 6.33 Å². The first-order valence-electron chi connectivity index (χ1n) is 5.48. The fourth-order valence-electron chi connectivity index (χ4n) is 1.65. The van der Waals surface area contributed by atoms with Crippen molar-refractivity contribution in [2.75, 3.05) is 0 Å². The van der Waals surface area contributed by atoms with Gasteiger partial charge < -0.3 is 13.6 Å². The van der Waals surface area contributed by atoms with Gasteiger partial charge in [-0.1, -0.05) is 17.7 Å². The SMILES string of the molecule is Cc1ccc(S(=O)(=O)Oc2coc3nc[nH]c23)cc1. The Morgan fingerprint density at radius 3 is 2.74 bits per heavy atom. The molecule has 98 valence electrons. The fourth-order valence-corrected chi connectivity index (χ4v) is 2.57. The molecule has 0 radical (unpaired) electrons. The van der Waals surface area contributed by atoms with Crippen molar-refractivity contribution in [2.24, 2.45) is 0 Å². The summed E-state index contributed by atoms with van der Waals surface area (Å²) in [5.74, 6) is 0.0908. The number of aromatic amines is 1. The first-order chi connectivity index (χ1) is 9.06. The lowest BCUT2D eigenvalue weighted by Crippen LogP contribution is -2.09. The van der Waals surface area contributed by atoms with Gasteiger partial charge in [0.1, 0.15) is 11.2 Å². The van der Waals surface area contributed by atoms with Crippen LogP contribution in [-0.2, 0) is 10.1 Å². The van der Waals surface area contributed by atoms with Crippen molar-refractivity contribution >= 4 is 21.3 Å². The van der Waals surface area contributed by atoms with Gasteiger partial charge >= 0.3 is 10.1 Å². The van der Waals surface area contributed by atoms with E-state index in [0.717, 1.165) is 5.56 Å². The van der Waals surface area contributed by atoms with Crippen LogP contribution in [0.5, 0.6) is 5.75 Å². The number of nitrogens with one attached hydrogen (secondary N) is 1. The van der Waals surface area contributed by atoms with E-state index in [2.05, 4.69) is 9.97 Å². The summed E-state index contributed by atoms with van der Waals surface area (Å²) >= 11 is 0. The van der Waals surface area contributed by atoms with E-state index in [1.807, 2.05) is 6.92 Å². The molecule has 1 aromatic carbocycles. The molecule has 0 saturated heterocycles. The molecule has 1 N–H and O–H groups in total. The first-order valence-corrected chi connectivity index (χ1v) is 6.89. The Labute approximate surface area is 109 Å². The first kappa shape index (κ1) is 11.8. The third-order valence-corrected chi connectivity index (χ3v) is 3.89. The Bertz CT molecular complexity index is 815. The van der Waals surface area contributed by atoms with Crippen molar-refractivity contribution in [2.45, 2.75) is 11.8 Å². The molecular weight excluding hydrogens is 268 g/mol. The molecule has 0 amide bonds. The number of furan rings is 1. The Kier molecular flexibility index (Phi) is 2.56. The summed E-state index contributed by atoms with van der Waals surface area (Å²) in [6.45, 7) is 1.88. The van der Waals surface area contributed by atoms with Crippen LogP contribution in [0.15, 0.2) is 46.2 Å². The average molecular weight is 278 g/mol. The summed E-state index contributed by atoms with van der Waals surface area (Å²) in [4.78, 5) is 6.70. The number of nitrogens with zero attached hydrogens (tertiary/aromatic N) is 1. The smallest absolute Gasteiger partial charge is 0.339 e. The van der Waals surface area contributed by atoms with Gasteiger partial charge in [-0.25, -0.2) is 4.98 Å². The molecule has 0 unspecified atom stereocenters. The summed E-state index contributed by atoms with van der Waals surface area (Å²) in [6, 6.07) is 6.40. The van der Waals surface area contributed by atoms with Crippen LogP contribution in [0.2, 0.25) is 0 Å². The summed E-state index contributed by atoms with van der Waals surface area (Å²) in [7, 11) is -3.88. The van der Waals surface area contributed by atoms with Crippen molar-refractivity contribution in [3.8, 4) is 5.75 Å². The molecule has 3 rings (SSSR count). The third kappa shape index (κ3) is 2.08. The van der Waals surface area contributed by atoms with Gasteiger partial charge in [0.25, 0.3) is 0 Å². The van der Waals surface area contributed by atoms with Crippen LogP contribution in [-0.4, -0.2) is 18.4 Å². The lowest BCUT2D eigenvalue weighted by Gasteiger charge is -2.04. The molecule has 0 saturated carbocycles. The van der Waals surface area contributed by atoms with E-state index in [1.54, 1.807) is 12.1 Å². The molecule has 7 heteroatoms. The number of hydrogen-bond acceptors (Lipinski definition) is 5. The monoisotopic (exact) mass is 278 g/mol. The maximum Gasteiger partial charge on any atom is 0.339 e. The van der Waals surface area contributed by atoms with E-state index < -0.39 is 10.1 Å². The number of aryl methyl sites for hydroxylation is 1. The van der Waals surface area contributed by atoms with Crippen LogP contribution in [0.25, 0.3) is 11.2 Å². The number of hydrogen-bond donors (Lipinski definition) is 1. The lowest BCUT2D eigenvalue weighted by atomic mass is 10.2. The molecule has 6 nitrogen and oxygen atoms in total. The fraction of sp³-hybridized carbons (Fsp3) is 0.0833. The molecule has 0 fully saturated rings. The lowest BCUT2D eigenvalue weighted by molar-refractivity contribution is 0.479. The maximum absolute atomic E-state index is 12.1. The van der Waals surface area contributed by atoms with E-state index in [1.165, 1.54) is 24.7 Å². The third-order valence-electron chi connectivity index (χ3n) is 2.64. The van der Waals surface area contributed by atoms with E-state index in [0.29, 0.717) is 11.2 Å². The molecule has 0 aliphatic heterocycles. The second-order valence-corrected chi connectivity index (χ2v) is 5.58. The Morgan fingerprint density at radius 2 is 2.00 bits per heavy atom. The average Bonchev–Trinajstić information content (AvgIpc) is 2.95. The molecule has 2 heterocycles. The summed E-state index contributed by atoms with van der Waals surface area (Å²) in [5.41, 5.74) is 1.68. The van der Waals surface area contributed by atoms with Crippen LogP contribution in [0.4, 0.5) is 0 Å². The zero-order valence-electron chi connectivity index (χ0n) is 9.95. The molecule has 0 bridgehead atoms. The van der Waals surface area contributed by atoms with E-state index in [9.17, 15) is 8.42 Å². The molecular formula is C12H10N2O4S. The minimum absolute atomic E-state index is 0.0898. The standard InChI is InChI=1S/C12H10N2O4S/c1-8-2-4-9(5-3-8)19(15,16)18-10-6-17-12-11(10)13-7-14-12/h2-7H,1H3,(H,13,14). The Morgan fingerprint density at radius 1 is 1.26 bits per heavy atom. The number of rotatable bonds is 3. The topological polar surface area (TPSA) is 85.2 Å². The second kappa shape index (κ2) is 4.13. The van der Waals surface area contributed by atoms with E-state index in [-0.39, 0.29) is 10.6 Å². The number of H-pyrrole nitrogens is 1. The largest absolute Gasteiger partial charge is 0.441 e. The number of benzene rings is 1. The zero-order chi connectivity index (χ0) is 13.5. The summed E-state index contributed by atoms with van der Waals surface area (Å²) in [5, 5.41) is 0. The number of aromatic nitrogens is 2. The van der Waals surface area contributed by atoms with Crippen molar-refractivity contribution < 1.29 is 17.0 Å². The molecule has 0 atom stereocenters. The predicted molar refractivity (Wildman–Crippen MR) is 67.4 cm³/mol. The molecule has 2 aromatic heterocycles. The summed E-state index contributed by atoms with van der Waals surface area (Å²) in [6.07, 6.45) is 2.61.